The number of carbonyl (C=O) groups excluding carboxylic acids is 1. The highest BCUT2D eigenvalue weighted by Crippen LogP contribution is 2.36. The van der Waals surface area contributed by atoms with Crippen LogP contribution < -0.4 is 5.32 Å². The van der Waals surface area contributed by atoms with Gasteiger partial charge in [0, 0.05) is 15.6 Å². The summed E-state index contributed by atoms with van der Waals surface area (Å²) < 4.78 is 14.5. The maximum atomic E-state index is 13.6. The van der Waals surface area contributed by atoms with Gasteiger partial charge >= 0.3 is 0 Å². The minimum atomic E-state index is -0.540. The number of nitrogens with one attached hydrogen (secondary N) is 1. The summed E-state index contributed by atoms with van der Waals surface area (Å²) in [4.78, 5) is 12.0. The molecule has 0 spiro atoms. The summed E-state index contributed by atoms with van der Waals surface area (Å²) in [7, 11) is 0. The van der Waals surface area contributed by atoms with Gasteiger partial charge in [0.2, 0.25) is 0 Å². The normalized spacial score (nSPS) is 15.3. The highest BCUT2D eigenvalue weighted by molar-refractivity contribution is 9.10. The van der Waals surface area contributed by atoms with Crippen molar-refractivity contribution in [3.8, 4) is 0 Å². The first-order chi connectivity index (χ1) is 9.54. The molecule has 1 N–H and O–H groups in total. The van der Waals surface area contributed by atoms with Gasteiger partial charge in [-0.3, -0.25) is 4.79 Å². The first-order valence-corrected chi connectivity index (χ1v) is 7.00. The van der Waals surface area contributed by atoms with Gasteiger partial charge in [-0.1, -0.05) is 39.7 Å². The van der Waals surface area contributed by atoms with Crippen molar-refractivity contribution in [2.45, 2.75) is 0 Å². The first kappa shape index (κ1) is 13.3. The van der Waals surface area contributed by atoms with Crippen molar-refractivity contribution in [2.24, 2.45) is 0 Å². The molecule has 1 amide bonds. The smallest absolute Gasteiger partial charge is 0.256 e. The summed E-state index contributed by atoms with van der Waals surface area (Å²) in [5.41, 5.74) is 2.33. The second kappa shape index (κ2) is 5.04. The van der Waals surface area contributed by atoms with E-state index in [9.17, 15) is 9.18 Å². The van der Waals surface area contributed by atoms with Crippen LogP contribution in [-0.2, 0) is 4.79 Å². The number of hydrogen-bond acceptors (Lipinski definition) is 1. The Hall–Kier alpha value is -1.65. The molecular formula is C15H8BrClFNO. The Morgan fingerprint density at radius 1 is 1.25 bits per heavy atom. The summed E-state index contributed by atoms with van der Waals surface area (Å²) in [5.74, 6) is -0.802. The van der Waals surface area contributed by atoms with Crippen molar-refractivity contribution in [1.29, 1.82) is 0 Å². The predicted octanol–water partition coefficient (Wildman–Crippen LogP) is 4.73. The number of rotatable bonds is 1. The molecule has 5 heteroatoms. The van der Waals surface area contributed by atoms with Crippen LogP contribution in [0.5, 0.6) is 0 Å². The average molecular weight is 353 g/mol. The number of anilines is 1. The van der Waals surface area contributed by atoms with Crippen LogP contribution in [0.25, 0.3) is 11.6 Å². The summed E-state index contributed by atoms with van der Waals surface area (Å²) in [6.07, 6.45) is 1.72. The monoisotopic (exact) mass is 351 g/mol. The molecule has 0 radical (unpaired) electrons. The number of amides is 1. The van der Waals surface area contributed by atoms with Crippen LogP contribution in [0.2, 0.25) is 5.02 Å². The molecule has 2 nitrogen and oxygen atoms in total. The van der Waals surface area contributed by atoms with Crippen LogP contribution in [-0.4, -0.2) is 5.91 Å². The van der Waals surface area contributed by atoms with Crippen molar-refractivity contribution < 1.29 is 9.18 Å². The van der Waals surface area contributed by atoms with E-state index in [4.69, 9.17) is 11.6 Å². The molecule has 0 saturated carbocycles. The zero-order chi connectivity index (χ0) is 14.3. The molecule has 0 aromatic heterocycles. The average Bonchev–Trinajstić information content (AvgIpc) is 2.67. The topological polar surface area (TPSA) is 29.1 Å². The molecule has 0 saturated heterocycles. The lowest BCUT2D eigenvalue weighted by molar-refractivity contribution is -0.110. The zero-order valence-electron chi connectivity index (χ0n) is 10.1. The molecule has 0 aliphatic carbocycles. The molecule has 2 aromatic rings. The zero-order valence-corrected chi connectivity index (χ0v) is 12.4. The summed E-state index contributed by atoms with van der Waals surface area (Å²) in [6.45, 7) is 0. The van der Waals surface area contributed by atoms with Gasteiger partial charge in [-0.2, -0.15) is 0 Å². The Labute approximate surface area is 128 Å². The first-order valence-electron chi connectivity index (χ1n) is 5.82. The Bertz CT molecular complexity index is 758. The minimum absolute atomic E-state index is 0.00671. The number of fused-ring (bicyclic) bond motifs is 1. The van der Waals surface area contributed by atoms with Gasteiger partial charge in [0.15, 0.2) is 0 Å². The fraction of sp³-hybridized carbons (Fsp3) is 0. The van der Waals surface area contributed by atoms with Crippen LogP contribution in [0.15, 0.2) is 40.9 Å². The Morgan fingerprint density at radius 3 is 2.80 bits per heavy atom. The van der Waals surface area contributed by atoms with E-state index < -0.39 is 5.82 Å². The number of halogens is 3. The molecule has 3 rings (SSSR count). The molecular weight excluding hydrogens is 345 g/mol. The summed E-state index contributed by atoms with van der Waals surface area (Å²) in [5, 5.41) is 2.67. The quantitative estimate of drug-likeness (QED) is 0.738. The number of carbonyl (C=O) groups is 1. The Kier molecular flexibility index (Phi) is 3.36. The molecule has 0 atom stereocenters. The summed E-state index contributed by atoms with van der Waals surface area (Å²) in [6, 6.07) is 10.2. The van der Waals surface area contributed by atoms with Gasteiger partial charge in [-0.25, -0.2) is 4.39 Å². The second-order valence-electron chi connectivity index (χ2n) is 4.38. The number of benzene rings is 2. The van der Waals surface area contributed by atoms with E-state index in [1.807, 2.05) is 24.3 Å². The van der Waals surface area contributed by atoms with E-state index in [-0.39, 0.29) is 10.9 Å². The van der Waals surface area contributed by atoms with Crippen molar-refractivity contribution in [3.05, 3.63) is 62.8 Å². The van der Waals surface area contributed by atoms with Gasteiger partial charge in [-0.15, -0.1) is 0 Å². The highest BCUT2D eigenvalue weighted by Gasteiger charge is 2.25. The van der Waals surface area contributed by atoms with Crippen LogP contribution in [0.4, 0.5) is 10.1 Å². The van der Waals surface area contributed by atoms with Crippen molar-refractivity contribution >= 4 is 50.8 Å². The van der Waals surface area contributed by atoms with E-state index in [1.54, 1.807) is 6.08 Å². The highest BCUT2D eigenvalue weighted by atomic mass is 79.9. The fourth-order valence-electron chi connectivity index (χ4n) is 2.09. The molecule has 0 unspecified atom stereocenters. The maximum absolute atomic E-state index is 13.6. The van der Waals surface area contributed by atoms with Crippen LogP contribution >= 0.6 is 27.5 Å². The largest absolute Gasteiger partial charge is 0.321 e. The SMILES string of the molecule is O=C1Nc2cc(Cl)c(F)cc2C1=Cc1cccc(Br)c1. The lowest BCUT2D eigenvalue weighted by Gasteiger charge is -2.01. The standard InChI is InChI=1S/C15H8BrClFNO/c16-9-3-1-2-8(4-9)5-11-10-6-13(18)12(17)7-14(10)19-15(11)20/h1-7H,(H,19,20). The van der Waals surface area contributed by atoms with Crippen LogP contribution in [0, 0.1) is 5.82 Å². The molecule has 1 aliphatic rings. The van der Waals surface area contributed by atoms with E-state index in [2.05, 4.69) is 21.2 Å². The van der Waals surface area contributed by atoms with Crippen molar-refractivity contribution in [3.63, 3.8) is 0 Å². The van der Waals surface area contributed by atoms with E-state index in [1.165, 1.54) is 12.1 Å². The predicted molar refractivity (Wildman–Crippen MR) is 82.1 cm³/mol. The van der Waals surface area contributed by atoms with E-state index >= 15 is 0 Å². The van der Waals surface area contributed by atoms with Crippen molar-refractivity contribution in [1.82, 2.24) is 0 Å². The summed E-state index contributed by atoms with van der Waals surface area (Å²) >= 11 is 9.09. The third-order valence-electron chi connectivity index (χ3n) is 3.00. The lowest BCUT2D eigenvalue weighted by atomic mass is 10.0. The number of hydrogen-bond donors (Lipinski definition) is 1. The molecule has 0 bridgehead atoms. The van der Waals surface area contributed by atoms with Gasteiger partial charge in [0.1, 0.15) is 5.82 Å². The Morgan fingerprint density at radius 2 is 2.05 bits per heavy atom. The third kappa shape index (κ3) is 2.37. The van der Waals surface area contributed by atoms with Crippen molar-refractivity contribution in [2.75, 3.05) is 5.32 Å². The van der Waals surface area contributed by atoms with E-state index in [0.717, 1.165) is 10.0 Å². The van der Waals surface area contributed by atoms with Gasteiger partial charge < -0.3 is 5.32 Å². The fourth-order valence-corrected chi connectivity index (χ4v) is 2.67. The third-order valence-corrected chi connectivity index (χ3v) is 3.79. The van der Waals surface area contributed by atoms with Gasteiger partial charge in [0.25, 0.3) is 5.91 Å². The maximum Gasteiger partial charge on any atom is 0.256 e. The van der Waals surface area contributed by atoms with Crippen LogP contribution in [0.1, 0.15) is 11.1 Å². The second-order valence-corrected chi connectivity index (χ2v) is 5.70. The van der Waals surface area contributed by atoms with E-state index in [0.29, 0.717) is 16.8 Å². The van der Waals surface area contributed by atoms with Gasteiger partial charge in [-0.05, 0) is 35.9 Å². The molecule has 2 aromatic carbocycles. The Balaban J connectivity index is 2.12. The van der Waals surface area contributed by atoms with Crippen LogP contribution in [0.3, 0.4) is 0 Å². The van der Waals surface area contributed by atoms with Gasteiger partial charge in [0.05, 0.1) is 10.7 Å². The molecule has 1 aliphatic heterocycles. The molecule has 1 heterocycles. The minimum Gasteiger partial charge on any atom is -0.321 e. The lowest BCUT2D eigenvalue weighted by Crippen LogP contribution is -2.03. The molecule has 20 heavy (non-hydrogen) atoms. The molecule has 0 fully saturated rings. The molecule has 100 valence electrons.